The summed E-state index contributed by atoms with van der Waals surface area (Å²) in [5.74, 6) is 0. The predicted octanol–water partition coefficient (Wildman–Crippen LogP) is 2.65. The van der Waals surface area contributed by atoms with Crippen LogP contribution in [0.5, 0.6) is 0 Å². The summed E-state index contributed by atoms with van der Waals surface area (Å²) < 4.78 is 0. The zero-order valence-corrected chi connectivity index (χ0v) is 9.33. The Kier molecular flexibility index (Phi) is 2.45. The van der Waals surface area contributed by atoms with Gasteiger partial charge in [0.2, 0.25) is 0 Å². The summed E-state index contributed by atoms with van der Waals surface area (Å²) in [7, 11) is 0. The molecule has 0 amide bonds. The molecule has 0 unspecified atom stereocenters. The summed E-state index contributed by atoms with van der Waals surface area (Å²) in [5, 5.41) is 10.3. The fraction of sp³-hybridized carbons (Fsp3) is 0.308. The lowest BCUT2D eigenvalue weighted by atomic mass is 10.0. The van der Waals surface area contributed by atoms with E-state index in [9.17, 15) is 0 Å². The first-order valence-electron chi connectivity index (χ1n) is 5.10. The Morgan fingerprint density at radius 2 is 1.80 bits per heavy atom. The van der Waals surface area contributed by atoms with E-state index in [2.05, 4.69) is 37.9 Å². The van der Waals surface area contributed by atoms with Gasteiger partial charge in [0.05, 0.1) is 17.8 Å². The molecule has 0 spiro atoms. The number of rotatable bonds is 1. The molecule has 0 saturated carbocycles. The topological polar surface area (TPSA) is 33.1 Å². The van der Waals surface area contributed by atoms with Gasteiger partial charge in [0.1, 0.15) is 0 Å². The first-order chi connectivity index (χ1) is 7.11. The third-order valence-electron chi connectivity index (χ3n) is 2.67. The predicted molar refractivity (Wildman–Crippen MR) is 61.9 cm³/mol. The molecular weight excluding hydrogens is 186 g/mol. The highest BCUT2D eigenvalue weighted by atomic mass is 16.3. The van der Waals surface area contributed by atoms with Crippen molar-refractivity contribution >= 4 is 10.9 Å². The highest BCUT2D eigenvalue weighted by Gasteiger charge is 2.05. The van der Waals surface area contributed by atoms with Crippen molar-refractivity contribution in [2.24, 2.45) is 0 Å². The van der Waals surface area contributed by atoms with Crippen molar-refractivity contribution in [2.75, 3.05) is 0 Å². The zero-order chi connectivity index (χ0) is 11.0. The van der Waals surface area contributed by atoms with Gasteiger partial charge in [-0.25, -0.2) is 0 Å². The minimum absolute atomic E-state index is 0.00406. The molecule has 0 atom stereocenters. The highest BCUT2D eigenvalue weighted by molar-refractivity contribution is 5.85. The van der Waals surface area contributed by atoms with Crippen LogP contribution in [0.3, 0.4) is 0 Å². The van der Waals surface area contributed by atoms with Gasteiger partial charge in [0, 0.05) is 5.39 Å². The monoisotopic (exact) mass is 201 g/mol. The van der Waals surface area contributed by atoms with Crippen molar-refractivity contribution in [3.05, 3.63) is 40.6 Å². The molecule has 0 radical (unpaired) electrons. The molecule has 0 aliphatic rings. The van der Waals surface area contributed by atoms with E-state index in [1.54, 1.807) is 0 Å². The number of pyridine rings is 1. The molecule has 78 valence electrons. The summed E-state index contributed by atoms with van der Waals surface area (Å²) in [6.45, 7) is 6.21. The number of hydrogen-bond donors (Lipinski definition) is 1. The van der Waals surface area contributed by atoms with Crippen molar-refractivity contribution in [1.82, 2.24) is 4.98 Å². The molecule has 0 bridgehead atoms. The third kappa shape index (κ3) is 1.73. The Morgan fingerprint density at radius 3 is 2.47 bits per heavy atom. The van der Waals surface area contributed by atoms with Crippen LogP contribution >= 0.6 is 0 Å². The van der Waals surface area contributed by atoms with E-state index in [-0.39, 0.29) is 6.61 Å². The van der Waals surface area contributed by atoms with E-state index in [4.69, 9.17) is 5.11 Å². The number of aliphatic hydroxyl groups excluding tert-OH is 1. The second kappa shape index (κ2) is 3.63. The Morgan fingerprint density at radius 1 is 1.07 bits per heavy atom. The Balaban J connectivity index is 2.85. The Labute approximate surface area is 89.6 Å². The van der Waals surface area contributed by atoms with E-state index in [0.29, 0.717) is 0 Å². The molecule has 1 heterocycles. The van der Waals surface area contributed by atoms with Crippen LogP contribution in [0.25, 0.3) is 10.9 Å². The lowest BCUT2D eigenvalue weighted by Crippen LogP contribution is -1.95. The minimum Gasteiger partial charge on any atom is -0.390 e. The van der Waals surface area contributed by atoms with Crippen LogP contribution in [-0.2, 0) is 6.61 Å². The van der Waals surface area contributed by atoms with Gasteiger partial charge in [0.15, 0.2) is 0 Å². The van der Waals surface area contributed by atoms with Gasteiger partial charge >= 0.3 is 0 Å². The average Bonchev–Trinajstić information content (AvgIpc) is 2.19. The largest absolute Gasteiger partial charge is 0.390 e. The second-order valence-electron chi connectivity index (χ2n) is 4.07. The van der Waals surface area contributed by atoms with Crippen molar-refractivity contribution in [2.45, 2.75) is 27.4 Å². The van der Waals surface area contributed by atoms with Crippen molar-refractivity contribution in [3.63, 3.8) is 0 Å². The molecule has 2 aromatic rings. The molecule has 0 saturated heterocycles. The lowest BCUT2D eigenvalue weighted by Gasteiger charge is -2.08. The molecule has 0 aliphatic heterocycles. The number of hydrogen-bond acceptors (Lipinski definition) is 2. The smallest absolute Gasteiger partial charge is 0.0853 e. The van der Waals surface area contributed by atoms with Crippen LogP contribution in [-0.4, -0.2) is 10.1 Å². The molecule has 0 aliphatic carbocycles. The Hall–Kier alpha value is -1.41. The molecule has 1 N–H and O–H groups in total. The van der Waals surface area contributed by atoms with Crippen LogP contribution in [0.1, 0.15) is 22.4 Å². The zero-order valence-electron chi connectivity index (χ0n) is 9.33. The van der Waals surface area contributed by atoms with Gasteiger partial charge in [-0.1, -0.05) is 11.6 Å². The maximum Gasteiger partial charge on any atom is 0.0853 e. The third-order valence-corrected chi connectivity index (χ3v) is 2.67. The first-order valence-corrected chi connectivity index (χ1v) is 5.10. The molecule has 15 heavy (non-hydrogen) atoms. The highest BCUT2D eigenvalue weighted by Crippen LogP contribution is 2.22. The summed E-state index contributed by atoms with van der Waals surface area (Å²) in [5.41, 5.74) is 5.34. The van der Waals surface area contributed by atoms with Gasteiger partial charge in [-0.2, -0.15) is 0 Å². The standard InChI is InChI=1S/C13H15NO/c1-8-4-10(3)13-12(5-8)9(2)6-11(7-15)14-13/h4-6,15H,7H2,1-3H3. The molecule has 1 aromatic carbocycles. The molecule has 2 rings (SSSR count). The number of benzene rings is 1. The van der Waals surface area contributed by atoms with Gasteiger partial charge in [-0.05, 0) is 44.0 Å². The van der Waals surface area contributed by atoms with Crippen molar-refractivity contribution in [3.8, 4) is 0 Å². The average molecular weight is 201 g/mol. The summed E-state index contributed by atoms with van der Waals surface area (Å²) in [4.78, 5) is 4.45. The Bertz CT molecular complexity index is 517. The molecule has 2 heteroatoms. The maximum absolute atomic E-state index is 9.10. The van der Waals surface area contributed by atoms with Gasteiger partial charge < -0.3 is 5.11 Å². The first kappa shape index (κ1) is 10.1. The van der Waals surface area contributed by atoms with Gasteiger partial charge in [-0.15, -0.1) is 0 Å². The van der Waals surface area contributed by atoms with Crippen LogP contribution < -0.4 is 0 Å². The fourth-order valence-electron chi connectivity index (χ4n) is 1.99. The molecule has 0 fully saturated rings. The number of aliphatic hydroxyl groups is 1. The number of fused-ring (bicyclic) bond motifs is 1. The number of nitrogens with zero attached hydrogens (tertiary/aromatic N) is 1. The molecule has 2 nitrogen and oxygen atoms in total. The van der Waals surface area contributed by atoms with E-state index >= 15 is 0 Å². The van der Waals surface area contributed by atoms with Crippen LogP contribution in [0.4, 0.5) is 0 Å². The van der Waals surface area contributed by atoms with Crippen LogP contribution in [0.15, 0.2) is 18.2 Å². The maximum atomic E-state index is 9.10. The summed E-state index contributed by atoms with van der Waals surface area (Å²) in [6.07, 6.45) is 0. The van der Waals surface area contributed by atoms with Crippen LogP contribution in [0, 0.1) is 20.8 Å². The van der Waals surface area contributed by atoms with Gasteiger partial charge in [0.25, 0.3) is 0 Å². The van der Waals surface area contributed by atoms with E-state index in [1.807, 2.05) is 6.07 Å². The van der Waals surface area contributed by atoms with Crippen LogP contribution in [0.2, 0.25) is 0 Å². The normalized spacial score (nSPS) is 10.9. The second-order valence-corrected chi connectivity index (χ2v) is 4.07. The van der Waals surface area contributed by atoms with E-state index < -0.39 is 0 Å². The summed E-state index contributed by atoms with van der Waals surface area (Å²) in [6, 6.07) is 6.21. The molecule has 1 aromatic heterocycles. The summed E-state index contributed by atoms with van der Waals surface area (Å²) >= 11 is 0. The fourth-order valence-corrected chi connectivity index (χ4v) is 1.99. The van der Waals surface area contributed by atoms with E-state index in [0.717, 1.165) is 11.2 Å². The van der Waals surface area contributed by atoms with Gasteiger partial charge in [-0.3, -0.25) is 4.98 Å². The number of aromatic nitrogens is 1. The van der Waals surface area contributed by atoms with Crippen molar-refractivity contribution in [1.29, 1.82) is 0 Å². The SMILES string of the molecule is Cc1cc(C)c2nc(CO)cc(C)c2c1. The van der Waals surface area contributed by atoms with Crippen molar-refractivity contribution < 1.29 is 5.11 Å². The number of aryl methyl sites for hydroxylation is 3. The quantitative estimate of drug-likeness (QED) is 0.769. The van der Waals surface area contributed by atoms with E-state index in [1.165, 1.54) is 22.1 Å². The molecular formula is C13H15NO. The minimum atomic E-state index is 0.00406. The lowest BCUT2D eigenvalue weighted by molar-refractivity contribution is 0.277.